The second-order valence-corrected chi connectivity index (χ2v) is 7.87. The predicted octanol–water partition coefficient (Wildman–Crippen LogP) is 1.46. The van der Waals surface area contributed by atoms with Gasteiger partial charge in [-0.25, -0.2) is 9.78 Å². The summed E-state index contributed by atoms with van der Waals surface area (Å²) in [5.74, 6) is 0. The first-order valence-corrected chi connectivity index (χ1v) is 9.89. The largest absolute Gasteiger partial charge is 0.326 e. The van der Waals surface area contributed by atoms with E-state index in [1.165, 1.54) is 16.9 Å². The predicted molar refractivity (Wildman–Crippen MR) is 106 cm³/mol. The van der Waals surface area contributed by atoms with Gasteiger partial charge in [0, 0.05) is 35.4 Å². The monoisotopic (exact) mass is 381 g/mol. The zero-order valence-corrected chi connectivity index (χ0v) is 15.7. The number of aromatic nitrogens is 4. The Morgan fingerprint density at radius 1 is 1.37 bits per heavy atom. The summed E-state index contributed by atoms with van der Waals surface area (Å²) in [4.78, 5) is 33.0. The third kappa shape index (κ3) is 2.64. The van der Waals surface area contributed by atoms with Crippen molar-refractivity contribution >= 4 is 27.3 Å². The lowest BCUT2D eigenvalue weighted by Crippen LogP contribution is -2.41. The number of hydrogen-bond donors (Lipinski definition) is 2. The molecule has 0 bridgehead atoms. The maximum Gasteiger partial charge on any atom is 0.326 e. The van der Waals surface area contributed by atoms with Gasteiger partial charge in [-0.15, -0.1) is 11.3 Å². The summed E-state index contributed by atoms with van der Waals surface area (Å²) in [5, 5.41) is 5.40. The highest BCUT2D eigenvalue weighted by molar-refractivity contribution is 7.15. The van der Waals surface area contributed by atoms with Crippen LogP contribution in [0.5, 0.6) is 0 Å². The molecule has 1 atom stereocenters. The van der Waals surface area contributed by atoms with Crippen LogP contribution < -0.4 is 16.6 Å². The number of imidazole rings is 1. The summed E-state index contributed by atoms with van der Waals surface area (Å²) in [7, 11) is 0. The molecular formula is C19H19N5O2S. The Labute approximate surface area is 158 Å². The molecule has 4 aromatic rings. The van der Waals surface area contributed by atoms with E-state index in [0.717, 1.165) is 33.7 Å². The topological polar surface area (TPSA) is 84.2 Å². The zero-order valence-electron chi connectivity index (χ0n) is 14.9. The molecular weight excluding hydrogens is 362 g/mol. The molecule has 0 saturated heterocycles. The first-order chi connectivity index (χ1) is 13.1. The number of H-pyrrole nitrogens is 1. The van der Waals surface area contributed by atoms with E-state index >= 15 is 0 Å². The minimum absolute atomic E-state index is 0.0121. The summed E-state index contributed by atoms with van der Waals surface area (Å²) in [6.45, 7) is 3.20. The number of aromatic amines is 1. The van der Waals surface area contributed by atoms with Gasteiger partial charge in [0.25, 0.3) is 5.56 Å². The molecule has 1 unspecified atom stereocenters. The van der Waals surface area contributed by atoms with Crippen LogP contribution in [-0.2, 0) is 19.4 Å². The van der Waals surface area contributed by atoms with Crippen LogP contribution in [0.15, 0.2) is 39.4 Å². The number of fused-ring (bicyclic) bond motifs is 1. The van der Waals surface area contributed by atoms with Crippen LogP contribution in [0, 0.1) is 6.92 Å². The van der Waals surface area contributed by atoms with E-state index in [1.807, 2.05) is 29.0 Å². The molecule has 0 spiro atoms. The lowest BCUT2D eigenvalue weighted by atomic mass is 10.0. The van der Waals surface area contributed by atoms with E-state index in [9.17, 15) is 9.59 Å². The van der Waals surface area contributed by atoms with Gasteiger partial charge in [0.15, 0.2) is 4.96 Å². The van der Waals surface area contributed by atoms with Gasteiger partial charge < -0.3 is 10.3 Å². The highest BCUT2D eigenvalue weighted by atomic mass is 32.1. The van der Waals surface area contributed by atoms with Crippen LogP contribution in [0.1, 0.15) is 16.8 Å². The van der Waals surface area contributed by atoms with Crippen molar-refractivity contribution in [1.82, 2.24) is 24.3 Å². The van der Waals surface area contributed by atoms with E-state index in [-0.39, 0.29) is 17.3 Å². The summed E-state index contributed by atoms with van der Waals surface area (Å²) in [5.41, 5.74) is 4.57. The van der Waals surface area contributed by atoms with E-state index in [0.29, 0.717) is 19.5 Å². The Morgan fingerprint density at radius 2 is 2.26 bits per heavy atom. The van der Waals surface area contributed by atoms with E-state index in [1.54, 1.807) is 10.6 Å². The SMILES string of the molecule is Cc1nc2sccn2c(=O)c1CCNC1Cc2cccc3[nH]c(=O)n(c23)C1. The lowest BCUT2D eigenvalue weighted by Gasteiger charge is -2.24. The minimum Gasteiger partial charge on any atom is -0.312 e. The molecule has 0 radical (unpaired) electrons. The molecule has 1 aliphatic heterocycles. The lowest BCUT2D eigenvalue weighted by molar-refractivity contribution is 0.434. The van der Waals surface area contributed by atoms with Gasteiger partial charge in [-0.2, -0.15) is 0 Å². The van der Waals surface area contributed by atoms with E-state index in [2.05, 4.69) is 21.4 Å². The first kappa shape index (κ1) is 16.5. The number of rotatable bonds is 4. The van der Waals surface area contributed by atoms with Crippen molar-refractivity contribution in [3.8, 4) is 0 Å². The highest BCUT2D eigenvalue weighted by Gasteiger charge is 2.22. The maximum atomic E-state index is 12.6. The number of benzene rings is 1. The Kier molecular flexibility index (Phi) is 3.76. The van der Waals surface area contributed by atoms with E-state index < -0.39 is 0 Å². The van der Waals surface area contributed by atoms with Gasteiger partial charge in [-0.1, -0.05) is 12.1 Å². The molecule has 138 valence electrons. The normalized spacial score (nSPS) is 16.4. The van der Waals surface area contributed by atoms with Crippen LogP contribution in [0.25, 0.3) is 16.0 Å². The summed E-state index contributed by atoms with van der Waals surface area (Å²) in [6.07, 6.45) is 3.26. The van der Waals surface area contributed by atoms with Gasteiger partial charge in [0.2, 0.25) is 0 Å². The zero-order chi connectivity index (χ0) is 18.5. The third-order valence-electron chi connectivity index (χ3n) is 5.32. The fourth-order valence-corrected chi connectivity index (χ4v) is 4.78. The van der Waals surface area contributed by atoms with Crippen LogP contribution in [0.2, 0.25) is 0 Å². The molecule has 1 aliphatic rings. The number of para-hydroxylation sites is 1. The molecule has 1 aromatic carbocycles. The summed E-state index contributed by atoms with van der Waals surface area (Å²) < 4.78 is 3.42. The molecule has 4 heterocycles. The van der Waals surface area contributed by atoms with Crippen molar-refractivity contribution in [2.75, 3.05) is 6.54 Å². The molecule has 5 rings (SSSR count). The number of aryl methyl sites for hydroxylation is 1. The summed E-state index contributed by atoms with van der Waals surface area (Å²) in [6, 6.07) is 6.16. The maximum absolute atomic E-state index is 12.6. The van der Waals surface area contributed by atoms with Crippen molar-refractivity contribution in [3.05, 3.63) is 67.4 Å². The smallest absolute Gasteiger partial charge is 0.312 e. The number of nitrogens with zero attached hydrogens (tertiary/aromatic N) is 3. The van der Waals surface area contributed by atoms with Gasteiger partial charge in [-0.3, -0.25) is 13.8 Å². The molecule has 0 amide bonds. The Balaban J connectivity index is 1.34. The molecule has 27 heavy (non-hydrogen) atoms. The van der Waals surface area contributed by atoms with Crippen LogP contribution >= 0.6 is 11.3 Å². The first-order valence-electron chi connectivity index (χ1n) is 9.01. The number of hydrogen-bond acceptors (Lipinski definition) is 5. The average Bonchev–Trinajstić information content (AvgIpc) is 3.24. The Hall–Kier alpha value is -2.71. The van der Waals surface area contributed by atoms with Crippen molar-refractivity contribution < 1.29 is 0 Å². The van der Waals surface area contributed by atoms with Crippen LogP contribution in [0.3, 0.4) is 0 Å². The molecule has 7 nitrogen and oxygen atoms in total. The quantitative estimate of drug-likeness (QED) is 0.561. The van der Waals surface area contributed by atoms with Crippen LogP contribution in [0.4, 0.5) is 0 Å². The van der Waals surface area contributed by atoms with Gasteiger partial charge in [-0.05, 0) is 37.9 Å². The standard InChI is InChI=1S/C19H19N5O2S/c1-11-14(17(25)23-7-8-27-19(23)21-11)5-6-20-13-9-12-3-2-4-15-16(12)24(10-13)18(26)22-15/h2-4,7-8,13,20H,5-6,9-10H2,1H3,(H,22,26). The molecule has 0 fully saturated rings. The van der Waals surface area contributed by atoms with Gasteiger partial charge >= 0.3 is 5.69 Å². The fourth-order valence-electron chi connectivity index (χ4n) is 4.03. The molecule has 8 heteroatoms. The second-order valence-electron chi connectivity index (χ2n) is 7.00. The highest BCUT2D eigenvalue weighted by Crippen LogP contribution is 2.22. The molecule has 3 aromatic heterocycles. The molecule has 0 saturated carbocycles. The second kappa shape index (κ2) is 6.17. The summed E-state index contributed by atoms with van der Waals surface area (Å²) >= 11 is 1.47. The van der Waals surface area contributed by atoms with E-state index in [4.69, 9.17) is 0 Å². The molecule has 0 aliphatic carbocycles. The Morgan fingerprint density at radius 3 is 3.15 bits per heavy atom. The van der Waals surface area contributed by atoms with Crippen molar-refractivity contribution in [2.24, 2.45) is 0 Å². The fraction of sp³-hybridized carbons (Fsp3) is 0.316. The Bertz CT molecular complexity index is 1280. The third-order valence-corrected chi connectivity index (χ3v) is 6.08. The number of thiazole rings is 1. The minimum atomic E-state index is -0.0647. The van der Waals surface area contributed by atoms with Crippen molar-refractivity contribution in [1.29, 1.82) is 0 Å². The van der Waals surface area contributed by atoms with Crippen LogP contribution in [-0.4, -0.2) is 31.5 Å². The van der Waals surface area contributed by atoms with Gasteiger partial charge in [0.1, 0.15) is 0 Å². The van der Waals surface area contributed by atoms with Crippen molar-refractivity contribution in [2.45, 2.75) is 32.4 Å². The number of nitrogens with one attached hydrogen (secondary N) is 2. The van der Waals surface area contributed by atoms with Gasteiger partial charge in [0.05, 0.1) is 11.0 Å². The molecule has 2 N–H and O–H groups in total. The average molecular weight is 381 g/mol. The van der Waals surface area contributed by atoms with Crippen molar-refractivity contribution in [3.63, 3.8) is 0 Å².